The molecule has 1 aromatic heterocycles. The highest BCUT2D eigenvalue weighted by molar-refractivity contribution is 5.94. The Hall–Kier alpha value is -3.22. The summed E-state index contributed by atoms with van der Waals surface area (Å²) in [5.41, 5.74) is 0.113. The number of carbonyl (C=O) groups excluding carboxylic acids is 1. The van der Waals surface area contributed by atoms with Gasteiger partial charge in [-0.3, -0.25) is 4.79 Å². The number of methoxy groups -OCH3 is 1. The highest BCUT2D eigenvalue weighted by Gasteiger charge is 2.15. The van der Waals surface area contributed by atoms with Gasteiger partial charge < -0.3 is 23.7 Å². The number of hydrogen-bond donors (Lipinski definition) is 1. The van der Waals surface area contributed by atoms with Gasteiger partial charge in [0.1, 0.15) is 33.8 Å². The SMILES string of the molecule is COc1ccc2oc3cc(OCC(=O)OC(C)C)cc(O)c3c(=O)c2c1. The number of fused-ring (bicyclic) bond motifs is 2. The van der Waals surface area contributed by atoms with Gasteiger partial charge in [-0.05, 0) is 32.0 Å². The molecule has 2 aromatic carbocycles. The molecule has 0 bridgehead atoms. The summed E-state index contributed by atoms with van der Waals surface area (Å²) in [6, 6.07) is 7.53. The van der Waals surface area contributed by atoms with Crippen molar-refractivity contribution in [1.82, 2.24) is 0 Å². The van der Waals surface area contributed by atoms with Gasteiger partial charge in [0.05, 0.1) is 18.6 Å². The van der Waals surface area contributed by atoms with Gasteiger partial charge in [-0.2, -0.15) is 0 Å². The maximum Gasteiger partial charge on any atom is 0.344 e. The Morgan fingerprint density at radius 3 is 2.62 bits per heavy atom. The van der Waals surface area contributed by atoms with E-state index in [-0.39, 0.29) is 40.6 Å². The molecule has 1 heterocycles. The Labute approximate surface area is 148 Å². The number of esters is 1. The minimum absolute atomic E-state index is 0.0304. The molecule has 0 radical (unpaired) electrons. The molecule has 0 amide bonds. The molecule has 0 aliphatic rings. The third-order valence-corrected chi connectivity index (χ3v) is 3.66. The molecule has 7 heteroatoms. The molecular weight excluding hydrogens is 340 g/mol. The molecule has 0 aliphatic carbocycles. The first-order chi connectivity index (χ1) is 12.4. The summed E-state index contributed by atoms with van der Waals surface area (Å²) in [5.74, 6) is -0.140. The van der Waals surface area contributed by atoms with E-state index in [1.165, 1.54) is 19.2 Å². The number of hydrogen-bond acceptors (Lipinski definition) is 7. The quantitative estimate of drug-likeness (QED) is 0.553. The predicted molar refractivity (Wildman–Crippen MR) is 94.9 cm³/mol. The van der Waals surface area contributed by atoms with Crippen LogP contribution in [0.15, 0.2) is 39.5 Å². The van der Waals surface area contributed by atoms with Crippen molar-refractivity contribution in [3.05, 3.63) is 40.6 Å². The lowest BCUT2D eigenvalue weighted by molar-refractivity contribution is -0.149. The molecule has 0 unspecified atom stereocenters. The predicted octanol–water partition coefficient (Wildman–Crippen LogP) is 2.99. The van der Waals surface area contributed by atoms with Crippen LogP contribution in [-0.4, -0.2) is 30.9 Å². The van der Waals surface area contributed by atoms with Gasteiger partial charge in [0.15, 0.2) is 6.61 Å². The van der Waals surface area contributed by atoms with Gasteiger partial charge in [-0.15, -0.1) is 0 Å². The zero-order chi connectivity index (χ0) is 18.8. The summed E-state index contributed by atoms with van der Waals surface area (Å²) >= 11 is 0. The van der Waals surface area contributed by atoms with E-state index < -0.39 is 5.97 Å². The smallest absolute Gasteiger partial charge is 0.344 e. The van der Waals surface area contributed by atoms with Crippen molar-refractivity contribution < 1.29 is 28.5 Å². The highest BCUT2D eigenvalue weighted by atomic mass is 16.6. The summed E-state index contributed by atoms with van der Waals surface area (Å²) in [5, 5.41) is 10.6. The van der Waals surface area contributed by atoms with Crippen LogP contribution >= 0.6 is 0 Å². The molecular formula is C19H18O7. The molecule has 3 aromatic rings. The fraction of sp³-hybridized carbons (Fsp3) is 0.263. The summed E-state index contributed by atoms with van der Waals surface area (Å²) in [6.07, 6.45) is -0.252. The van der Waals surface area contributed by atoms with Crippen molar-refractivity contribution in [1.29, 1.82) is 0 Å². The number of ether oxygens (including phenoxy) is 3. The zero-order valence-corrected chi connectivity index (χ0v) is 14.6. The maximum atomic E-state index is 12.7. The second-order valence-corrected chi connectivity index (χ2v) is 5.94. The average Bonchev–Trinajstić information content (AvgIpc) is 2.59. The Kier molecular flexibility index (Phi) is 4.71. The van der Waals surface area contributed by atoms with Crippen molar-refractivity contribution in [3.63, 3.8) is 0 Å². The van der Waals surface area contributed by atoms with Crippen LogP contribution in [0.1, 0.15) is 13.8 Å². The first kappa shape index (κ1) is 17.6. The van der Waals surface area contributed by atoms with Crippen LogP contribution in [0.5, 0.6) is 17.2 Å². The van der Waals surface area contributed by atoms with Crippen molar-refractivity contribution in [3.8, 4) is 17.2 Å². The maximum absolute atomic E-state index is 12.7. The number of phenolic OH excluding ortho intramolecular Hbond substituents is 1. The molecule has 26 heavy (non-hydrogen) atoms. The molecule has 7 nitrogen and oxygen atoms in total. The van der Waals surface area contributed by atoms with Gasteiger partial charge in [-0.1, -0.05) is 0 Å². The first-order valence-corrected chi connectivity index (χ1v) is 7.99. The summed E-state index contributed by atoms with van der Waals surface area (Å²) in [7, 11) is 1.50. The standard InChI is InChI=1S/C19H18O7/c1-10(2)25-17(21)9-24-12-7-14(20)18-16(8-12)26-15-5-4-11(23-3)6-13(15)19(18)22/h4-8,10,20H,9H2,1-3H3. The number of rotatable bonds is 5. The van der Waals surface area contributed by atoms with E-state index in [4.69, 9.17) is 18.6 Å². The summed E-state index contributed by atoms with van der Waals surface area (Å²) in [4.78, 5) is 24.3. The van der Waals surface area contributed by atoms with E-state index in [0.29, 0.717) is 16.7 Å². The molecule has 3 rings (SSSR count). The van der Waals surface area contributed by atoms with Gasteiger partial charge in [0, 0.05) is 12.1 Å². The van der Waals surface area contributed by atoms with E-state index in [0.717, 1.165) is 0 Å². The van der Waals surface area contributed by atoms with E-state index in [1.54, 1.807) is 32.0 Å². The average molecular weight is 358 g/mol. The van der Waals surface area contributed by atoms with Gasteiger partial charge in [0.25, 0.3) is 0 Å². The second-order valence-electron chi connectivity index (χ2n) is 5.94. The third-order valence-electron chi connectivity index (χ3n) is 3.66. The monoisotopic (exact) mass is 358 g/mol. The fourth-order valence-electron chi connectivity index (χ4n) is 2.56. The van der Waals surface area contributed by atoms with Crippen molar-refractivity contribution in [2.75, 3.05) is 13.7 Å². The first-order valence-electron chi connectivity index (χ1n) is 7.99. The number of benzene rings is 2. The minimum atomic E-state index is -0.536. The molecule has 0 fully saturated rings. The largest absolute Gasteiger partial charge is 0.507 e. The highest BCUT2D eigenvalue weighted by Crippen LogP contribution is 2.31. The van der Waals surface area contributed by atoms with Crippen molar-refractivity contribution >= 4 is 27.9 Å². The van der Waals surface area contributed by atoms with Gasteiger partial charge in [-0.25, -0.2) is 4.79 Å². The summed E-state index contributed by atoms with van der Waals surface area (Å²) in [6.45, 7) is 3.14. The van der Waals surface area contributed by atoms with E-state index >= 15 is 0 Å². The van der Waals surface area contributed by atoms with E-state index in [9.17, 15) is 14.7 Å². The molecule has 0 saturated carbocycles. The van der Waals surface area contributed by atoms with Crippen molar-refractivity contribution in [2.24, 2.45) is 0 Å². The molecule has 0 atom stereocenters. The Morgan fingerprint density at radius 1 is 1.15 bits per heavy atom. The lowest BCUT2D eigenvalue weighted by Gasteiger charge is -2.10. The Balaban J connectivity index is 2.01. The molecule has 0 spiro atoms. The number of phenols is 1. The lowest BCUT2D eigenvalue weighted by Crippen LogP contribution is -2.18. The van der Waals surface area contributed by atoms with E-state index in [2.05, 4.69) is 0 Å². The van der Waals surface area contributed by atoms with E-state index in [1.807, 2.05) is 0 Å². The topological polar surface area (TPSA) is 95.2 Å². The fourth-order valence-corrected chi connectivity index (χ4v) is 2.56. The molecule has 1 N–H and O–H groups in total. The zero-order valence-electron chi connectivity index (χ0n) is 14.6. The van der Waals surface area contributed by atoms with Crippen LogP contribution in [0, 0.1) is 0 Å². The molecule has 136 valence electrons. The van der Waals surface area contributed by atoms with Crippen LogP contribution < -0.4 is 14.9 Å². The van der Waals surface area contributed by atoms with Crippen LogP contribution in [-0.2, 0) is 9.53 Å². The van der Waals surface area contributed by atoms with Crippen LogP contribution in [0.4, 0.5) is 0 Å². The van der Waals surface area contributed by atoms with Gasteiger partial charge in [0.2, 0.25) is 5.43 Å². The van der Waals surface area contributed by atoms with Crippen LogP contribution in [0.2, 0.25) is 0 Å². The lowest BCUT2D eigenvalue weighted by atomic mass is 10.1. The third kappa shape index (κ3) is 3.42. The van der Waals surface area contributed by atoms with Crippen LogP contribution in [0.3, 0.4) is 0 Å². The molecule has 0 saturated heterocycles. The minimum Gasteiger partial charge on any atom is -0.507 e. The Bertz CT molecular complexity index is 1030. The number of carbonyl (C=O) groups is 1. The van der Waals surface area contributed by atoms with Gasteiger partial charge >= 0.3 is 5.97 Å². The number of aromatic hydroxyl groups is 1. The second kappa shape index (κ2) is 6.95. The van der Waals surface area contributed by atoms with Crippen LogP contribution in [0.25, 0.3) is 21.9 Å². The van der Waals surface area contributed by atoms with Crippen molar-refractivity contribution in [2.45, 2.75) is 20.0 Å². The summed E-state index contributed by atoms with van der Waals surface area (Å²) < 4.78 is 21.1. The molecule has 0 aliphatic heterocycles. The normalized spacial score (nSPS) is 11.1. The Morgan fingerprint density at radius 2 is 1.92 bits per heavy atom.